The number of carbonyl (C=O) groups excluding carboxylic acids is 2. The van der Waals surface area contributed by atoms with Crippen molar-refractivity contribution >= 4 is 34.8 Å². The Kier molecular flexibility index (Phi) is 4.57. The molecule has 0 aromatic heterocycles. The van der Waals surface area contributed by atoms with Gasteiger partial charge < -0.3 is 10.2 Å². The smallest absolute Gasteiger partial charge is 0.266 e. The second kappa shape index (κ2) is 7.30. The van der Waals surface area contributed by atoms with E-state index in [1.165, 1.54) is 17.2 Å². The first-order chi connectivity index (χ1) is 15.0. The van der Waals surface area contributed by atoms with Gasteiger partial charge in [-0.25, -0.2) is 9.96 Å². The van der Waals surface area contributed by atoms with Crippen LogP contribution in [0.2, 0.25) is 5.02 Å². The minimum Gasteiger partial charge on any atom is -0.504 e. The van der Waals surface area contributed by atoms with E-state index in [1.807, 2.05) is 18.2 Å². The Morgan fingerprint density at radius 3 is 2.26 bits per heavy atom. The Labute approximate surface area is 182 Å². The topological polar surface area (TPSA) is 90.3 Å². The molecule has 3 aromatic carbocycles. The maximum atomic E-state index is 13.5. The Morgan fingerprint density at radius 2 is 1.55 bits per heavy atom. The van der Waals surface area contributed by atoms with Crippen molar-refractivity contribution in [3.8, 4) is 11.5 Å². The number of amides is 2. The molecule has 31 heavy (non-hydrogen) atoms. The summed E-state index contributed by atoms with van der Waals surface area (Å²) in [6.45, 7) is 0. The summed E-state index contributed by atoms with van der Waals surface area (Å²) in [6.07, 6.45) is -1.03. The van der Waals surface area contributed by atoms with Gasteiger partial charge in [0.15, 0.2) is 17.6 Å². The van der Waals surface area contributed by atoms with Gasteiger partial charge >= 0.3 is 0 Å². The summed E-state index contributed by atoms with van der Waals surface area (Å²) in [7, 11) is 0. The van der Waals surface area contributed by atoms with Crippen LogP contribution in [0.15, 0.2) is 72.8 Å². The van der Waals surface area contributed by atoms with Crippen molar-refractivity contribution in [1.29, 1.82) is 0 Å². The van der Waals surface area contributed by atoms with Crippen LogP contribution in [0, 0.1) is 5.92 Å². The molecule has 0 radical (unpaired) electrons. The molecule has 3 atom stereocenters. The molecule has 2 amide bonds. The molecule has 3 aromatic rings. The number of hydroxylamine groups is 1. The van der Waals surface area contributed by atoms with Crippen LogP contribution in [0.1, 0.15) is 11.6 Å². The van der Waals surface area contributed by atoms with E-state index in [1.54, 1.807) is 42.5 Å². The van der Waals surface area contributed by atoms with Crippen molar-refractivity contribution in [2.45, 2.75) is 12.1 Å². The summed E-state index contributed by atoms with van der Waals surface area (Å²) in [5.74, 6) is -2.36. The van der Waals surface area contributed by atoms with Crippen LogP contribution < -0.4 is 9.96 Å². The minimum atomic E-state index is -1.03. The van der Waals surface area contributed by atoms with Gasteiger partial charge in [-0.2, -0.15) is 0 Å². The average Bonchev–Trinajstić information content (AvgIpc) is 3.27. The number of para-hydroxylation sites is 1. The summed E-state index contributed by atoms with van der Waals surface area (Å²) in [6, 6.07) is 19.2. The molecular weight excluding hydrogens is 420 g/mol. The lowest BCUT2D eigenvalue weighted by Gasteiger charge is -2.28. The van der Waals surface area contributed by atoms with Crippen LogP contribution in [-0.4, -0.2) is 28.1 Å². The van der Waals surface area contributed by atoms with E-state index < -0.39 is 29.9 Å². The number of hydrogen-bond donors (Lipinski definition) is 2. The number of benzene rings is 3. The predicted octanol–water partition coefficient (Wildman–Crippen LogP) is 3.80. The summed E-state index contributed by atoms with van der Waals surface area (Å²) in [4.78, 5) is 33.8. The maximum Gasteiger partial charge on any atom is 0.266 e. The second-order valence-electron chi connectivity index (χ2n) is 7.40. The number of rotatable bonds is 3. The van der Waals surface area contributed by atoms with Gasteiger partial charge in [0.1, 0.15) is 5.92 Å². The number of fused-ring (bicyclic) bond motifs is 1. The van der Waals surface area contributed by atoms with Gasteiger partial charge in [0.2, 0.25) is 5.91 Å². The Bertz CT molecular complexity index is 1190. The number of halogens is 1. The summed E-state index contributed by atoms with van der Waals surface area (Å²) < 4.78 is 0. The molecule has 2 heterocycles. The number of aromatic hydroxyl groups is 2. The summed E-state index contributed by atoms with van der Waals surface area (Å²) in [5, 5.41) is 21.7. The van der Waals surface area contributed by atoms with E-state index in [2.05, 4.69) is 0 Å². The van der Waals surface area contributed by atoms with Crippen molar-refractivity contribution in [2.24, 2.45) is 5.92 Å². The molecule has 0 aliphatic carbocycles. The third-order valence-electron chi connectivity index (χ3n) is 5.53. The lowest BCUT2D eigenvalue weighted by molar-refractivity contribution is -0.126. The van der Waals surface area contributed by atoms with Crippen LogP contribution in [0.25, 0.3) is 0 Å². The molecule has 156 valence electrons. The number of anilines is 2. The van der Waals surface area contributed by atoms with Crippen molar-refractivity contribution in [3.63, 3.8) is 0 Å². The molecule has 5 rings (SSSR count). The molecule has 2 aliphatic rings. The van der Waals surface area contributed by atoms with Gasteiger partial charge in [-0.15, -0.1) is 0 Å². The lowest BCUT2D eigenvalue weighted by atomic mass is 9.90. The average molecular weight is 437 g/mol. The van der Waals surface area contributed by atoms with Crippen molar-refractivity contribution in [1.82, 2.24) is 0 Å². The van der Waals surface area contributed by atoms with E-state index in [4.69, 9.17) is 16.4 Å². The van der Waals surface area contributed by atoms with E-state index in [0.29, 0.717) is 22.0 Å². The Hall–Kier alpha value is -3.55. The molecule has 0 spiro atoms. The standard InChI is InChI=1S/C23H17ClN2O5/c24-14-5-4-8-16(12-14)25-22(29)19-20(13-9-10-17(27)18(28)11-13)26(31-21(19)23(25)30)15-6-2-1-3-7-15/h1-12,19-21,27-28H. The molecule has 0 bridgehead atoms. The lowest BCUT2D eigenvalue weighted by Crippen LogP contribution is -2.37. The molecule has 2 aliphatic heterocycles. The van der Waals surface area contributed by atoms with Crippen molar-refractivity contribution < 1.29 is 24.6 Å². The number of carbonyl (C=O) groups is 2. The van der Waals surface area contributed by atoms with Gasteiger partial charge in [0.05, 0.1) is 17.4 Å². The van der Waals surface area contributed by atoms with Gasteiger partial charge in [0, 0.05) is 5.02 Å². The maximum absolute atomic E-state index is 13.5. The van der Waals surface area contributed by atoms with Crippen LogP contribution in [0.4, 0.5) is 11.4 Å². The second-order valence-corrected chi connectivity index (χ2v) is 7.83. The third-order valence-corrected chi connectivity index (χ3v) is 5.77. The SMILES string of the molecule is O=C1C2ON(c3ccccc3)C(c3ccc(O)c(O)c3)C2C(=O)N1c1cccc(Cl)c1. The van der Waals surface area contributed by atoms with Crippen LogP contribution in [-0.2, 0) is 14.4 Å². The van der Waals surface area contributed by atoms with Gasteiger partial charge in [-0.1, -0.05) is 41.9 Å². The monoisotopic (exact) mass is 436 g/mol. The van der Waals surface area contributed by atoms with Crippen LogP contribution in [0.3, 0.4) is 0 Å². The zero-order valence-electron chi connectivity index (χ0n) is 16.1. The number of hydrogen-bond acceptors (Lipinski definition) is 6. The summed E-state index contributed by atoms with van der Waals surface area (Å²) >= 11 is 6.06. The highest BCUT2D eigenvalue weighted by Crippen LogP contribution is 2.48. The number of imide groups is 1. The normalized spacial score (nSPS) is 22.8. The Morgan fingerprint density at radius 1 is 0.806 bits per heavy atom. The largest absolute Gasteiger partial charge is 0.504 e. The van der Waals surface area contributed by atoms with Crippen molar-refractivity contribution in [3.05, 3.63) is 83.4 Å². The van der Waals surface area contributed by atoms with E-state index in [9.17, 15) is 19.8 Å². The molecule has 8 heteroatoms. The van der Waals surface area contributed by atoms with E-state index in [0.717, 1.165) is 4.90 Å². The fraction of sp³-hybridized carbons (Fsp3) is 0.130. The van der Waals surface area contributed by atoms with Crippen LogP contribution >= 0.6 is 11.6 Å². The third kappa shape index (κ3) is 3.10. The highest BCUT2D eigenvalue weighted by atomic mass is 35.5. The fourth-order valence-corrected chi connectivity index (χ4v) is 4.33. The number of phenols is 2. The van der Waals surface area contributed by atoms with E-state index in [-0.39, 0.29) is 11.5 Å². The van der Waals surface area contributed by atoms with E-state index >= 15 is 0 Å². The first kappa shape index (κ1) is 19.4. The highest BCUT2D eigenvalue weighted by Gasteiger charge is 2.60. The molecule has 7 nitrogen and oxygen atoms in total. The van der Waals surface area contributed by atoms with Crippen LogP contribution in [0.5, 0.6) is 11.5 Å². The quantitative estimate of drug-likeness (QED) is 0.479. The molecule has 2 N–H and O–H groups in total. The zero-order valence-corrected chi connectivity index (χ0v) is 16.8. The first-order valence-corrected chi connectivity index (χ1v) is 10.00. The summed E-state index contributed by atoms with van der Waals surface area (Å²) in [5.41, 5.74) is 1.56. The van der Waals surface area contributed by atoms with Gasteiger partial charge in [-0.05, 0) is 48.0 Å². The molecule has 2 saturated heterocycles. The zero-order chi connectivity index (χ0) is 21.7. The number of nitrogens with zero attached hydrogens (tertiary/aromatic N) is 2. The van der Waals surface area contributed by atoms with Gasteiger partial charge in [0.25, 0.3) is 5.91 Å². The number of phenolic OH excluding ortho intramolecular Hbond substituents is 2. The Balaban J connectivity index is 1.61. The first-order valence-electron chi connectivity index (χ1n) is 9.62. The van der Waals surface area contributed by atoms with Gasteiger partial charge in [-0.3, -0.25) is 14.4 Å². The minimum absolute atomic E-state index is 0.278. The molecule has 2 fully saturated rings. The molecule has 0 saturated carbocycles. The molecular formula is C23H17ClN2O5. The van der Waals surface area contributed by atoms with Crippen molar-refractivity contribution in [2.75, 3.05) is 9.96 Å². The highest BCUT2D eigenvalue weighted by molar-refractivity contribution is 6.31. The molecule has 3 unspecified atom stereocenters. The fourth-order valence-electron chi connectivity index (χ4n) is 4.15. The predicted molar refractivity (Wildman–Crippen MR) is 114 cm³/mol.